The van der Waals surface area contributed by atoms with Crippen LogP contribution < -0.4 is 4.74 Å². The van der Waals surface area contributed by atoms with Crippen molar-refractivity contribution in [1.82, 2.24) is 14.5 Å². The fraction of sp³-hybridized carbons (Fsp3) is 0.222. The zero-order valence-corrected chi connectivity index (χ0v) is 19.5. The van der Waals surface area contributed by atoms with Gasteiger partial charge in [0.15, 0.2) is 22.9 Å². The van der Waals surface area contributed by atoms with Gasteiger partial charge in [0.25, 0.3) is 5.91 Å². The van der Waals surface area contributed by atoms with E-state index in [0.717, 1.165) is 11.1 Å². The number of carbonyl (C=O) groups excluding carboxylic acids is 2. The minimum atomic E-state index is -0.728. The van der Waals surface area contributed by atoms with E-state index in [-0.39, 0.29) is 11.3 Å². The maximum absolute atomic E-state index is 13.7. The van der Waals surface area contributed by atoms with E-state index < -0.39 is 23.5 Å². The number of benzene rings is 2. The van der Waals surface area contributed by atoms with E-state index in [1.54, 1.807) is 35.6 Å². The Morgan fingerprint density at radius 1 is 1.17 bits per heavy atom. The predicted octanol–water partition coefficient (Wildman–Crippen LogP) is 4.61. The number of carbonyl (C=O) groups is 2. The molecule has 35 heavy (non-hydrogen) atoms. The second-order valence-corrected chi connectivity index (χ2v) is 8.55. The molecule has 1 aliphatic rings. The third-order valence-corrected chi connectivity index (χ3v) is 6.27. The van der Waals surface area contributed by atoms with Crippen LogP contribution in [0.4, 0.5) is 0 Å². The second kappa shape index (κ2) is 9.13. The normalized spacial score (nSPS) is 15.9. The van der Waals surface area contributed by atoms with Gasteiger partial charge in [-0.3, -0.25) is 9.59 Å². The number of para-hydroxylation sites is 1. The van der Waals surface area contributed by atoms with Crippen LogP contribution in [-0.2, 0) is 11.3 Å². The summed E-state index contributed by atoms with van der Waals surface area (Å²) in [5, 5.41) is 11.6. The van der Waals surface area contributed by atoms with E-state index >= 15 is 0 Å². The van der Waals surface area contributed by atoms with Gasteiger partial charge in [0.05, 0.1) is 25.1 Å². The lowest BCUT2D eigenvalue weighted by atomic mass is 9.94. The minimum Gasteiger partial charge on any atom is -0.503 e. The van der Waals surface area contributed by atoms with Crippen molar-refractivity contribution in [3.8, 4) is 5.75 Å². The number of amides is 1. The third kappa shape index (κ3) is 4.07. The first-order valence-electron chi connectivity index (χ1n) is 11.4. The number of aryl methyl sites for hydroxylation is 2. The van der Waals surface area contributed by atoms with Crippen molar-refractivity contribution in [3.63, 3.8) is 0 Å². The molecule has 0 fully saturated rings. The molecule has 8 nitrogen and oxygen atoms in total. The number of hydrogen-bond acceptors (Lipinski definition) is 6. The van der Waals surface area contributed by atoms with Crippen LogP contribution >= 0.6 is 0 Å². The van der Waals surface area contributed by atoms with Gasteiger partial charge in [0, 0.05) is 30.9 Å². The fourth-order valence-electron chi connectivity index (χ4n) is 4.50. The lowest BCUT2D eigenvalue weighted by molar-refractivity contribution is -0.129. The number of hydrogen-bond donors (Lipinski definition) is 1. The number of furan rings is 1. The Kier molecular flexibility index (Phi) is 5.86. The molecule has 0 radical (unpaired) electrons. The molecule has 0 bridgehead atoms. The summed E-state index contributed by atoms with van der Waals surface area (Å²) in [7, 11) is 1.53. The van der Waals surface area contributed by atoms with Gasteiger partial charge in [-0.15, -0.1) is 0 Å². The van der Waals surface area contributed by atoms with Gasteiger partial charge in [-0.05, 0) is 31.0 Å². The number of rotatable bonds is 8. The molecule has 2 aromatic heterocycles. The molecule has 1 N–H and O–H groups in total. The van der Waals surface area contributed by atoms with Gasteiger partial charge < -0.3 is 23.7 Å². The molecule has 5 rings (SSSR count). The summed E-state index contributed by atoms with van der Waals surface area (Å²) in [4.78, 5) is 32.4. The molecule has 1 unspecified atom stereocenters. The Hall–Kier alpha value is -4.33. The average molecular weight is 472 g/mol. The number of fused-ring (bicyclic) bond motifs is 1. The van der Waals surface area contributed by atoms with E-state index in [1.165, 1.54) is 7.11 Å². The van der Waals surface area contributed by atoms with Gasteiger partial charge in [-0.1, -0.05) is 42.0 Å². The molecule has 0 spiro atoms. The standard InChI is InChI=1S/C27H25N3O5/c1-17-7-9-18(10-8-17)23-22(24(31)21-15-19-5-3-6-20(34-2)26(19)35-21)25(32)27(33)30(23)13-4-12-29-14-11-28-16-29/h3,5-11,14-16,23,32H,4,12-13H2,1-2H3. The number of imidazole rings is 1. The Labute approximate surface area is 202 Å². The largest absolute Gasteiger partial charge is 0.503 e. The zero-order valence-electron chi connectivity index (χ0n) is 19.5. The summed E-state index contributed by atoms with van der Waals surface area (Å²) in [5.41, 5.74) is 2.24. The summed E-state index contributed by atoms with van der Waals surface area (Å²) >= 11 is 0. The molecule has 1 atom stereocenters. The Morgan fingerprint density at radius 2 is 1.97 bits per heavy atom. The lowest BCUT2D eigenvalue weighted by Gasteiger charge is -2.27. The molecule has 0 saturated carbocycles. The highest BCUT2D eigenvalue weighted by molar-refractivity contribution is 6.16. The van der Waals surface area contributed by atoms with Crippen LogP contribution in [0.2, 0.25) is 0 Å². The smallest absolute Gasteiger partial charge is 0.290 e. The Morgan fingerprint density at radius 3 is 2.69 bits per heavy atom. The van der Waals surface area contributed by atoms with Gasteiger partial charge >= 0.3 is 0 Å². The Bertz CT molecular complexity index is 1420. The minimum absolute atomic E-state index is 0.0134. The highest BCUT2D eigenvalue weighted by Crippen LogP contribution is 2.40. The van der Waals surface area contributed by atoms with Crippen LogP contribution in [0.15, 0.2) is 83.0 Å². The molecular weight excluding hydrogens is 446 g/mol. The number of nitrogens with zero attached hydrogens (tertiary/aromatic N) is 3. The summed E-state index contributed by atoms with van der Waals surface area (Å²) in [6.07, 6.45) is 5.89. The van der Waals surface area contributed by atoms with Gasteiger partial charge in [0.2, 0.25) is 5.78 Å². The third-order valence-electron chi connectivity index (χ3n) is 6.27. The van der Waals surface area contributed by atoms with Crippen LogP contribution in [-0.4, -0.2) is 44.9 Å². The van der Waals surface area contributed by atoms with Crippen LogP contribution in [0.1, 0.15) is 34.1 Å². The molecular formula is C27H25N3O5. The molecule has 3 heterocycles. The molecule has 8 heteroatoms. The Balaban J connectivity index is 1.51. The second-order valence-electron chi connectivity index (χ2n) is 8.55. The first kappa shape index (κ1) is 22.5. The highest BCUT2D eigenvalue weighted by atomic mass is 16.5. The van der Waals surface area contributed by atoms with Gasteiger partial charge in [-0.25, -0.2) is 4.98 Å². The van der Waals surface area contributed by atoms with E-state index in [0.29, 0.717) is 36.2 Å². The summed E-state index contributed by atoms with van der Waals surface area (Å²) < 4.78 is 13.1. The SMILES string of the molecule is COc1cccc2cc(C(=O)C3=C(O)C(=O)N(CCCn4ccnc4)C3c3ccc(C)cc3)oc12. The van der Waals surface area contributed by atoms with Crippen molar-refractivity contribution in [2.24, 2.45) is 0 Å². The van der Waals surface area contributed by atoms with Gasteiger partial charge in [0.1, 0.15) is 0 Å². The topological polar surface area (TPSA) is 97.8 Å². The molecule has 1 aliphatic heterocycles. The van der Waals surface area contributed by atoms with Crippen molar-refractivity contribution in [1.29, 1.82) is 0 Å². The van der Waals surface area contributed by atoms with Crippen LogP contribution in [0.3, 0.4) is 0 Å². The van der Waals surface area contributed by atoms with E-state index in [9.17, 15) is 14.7 Å². The predicted molar refractivity (Wildman–Crippen MR) is 129 cm³/mol. The number of aromatic nitrogens is 2. The number of methoxy groups -OCH3 is 1. The van der Waals surface area contributed by atoms with Crippen LogP contribution in [0.25, 0.3) is 11.0 Å². The summed E-state index contributed by atoms with van der Waals surface area (Å²) in [5.74, 6) is -1.11. The monoisotopic (exact) mass is 471 g/mol. The number of ketones is 1. The van der Waals surface area contributed by atoms with E-state index in [2.05, 4.69) is 4.98 Å². The van der Waals surface area contributed by atoms with Crippen molar-refractivity contribution < 1.29 is 23.8 Å². The zero-order chi connectivity index (χ0) is 24.5. The van der Waals surface area contributed by atoms with Crippen molar-refractivity contribution in [2.45, 2.75) is 25.9 Å². The van der Waals surface area contributed by atoms with E-state index in [1.807, 2.05) is 48.0 Å². The number of ether oxygens (including phenoxy) is 1. The summed E-state index contributed by atoms with van der Waals surface area (Å²) in [6.45, 7) is 2.97. The van der Waals surface area contributed by atoms with Crippen LogP contribution in [0.5, 0.6) is 5.75 Å². The van der Waals surface area contributed by atoms with Crippen molar-refractivity contribution in [3.05, 3.63) is 95.5 Å². The van der Waals surface area contributed by atoms with Crippen molar-refractivity contribution in [2.75, 3.05) is 13.7 Å². The number of aliphatic hydroxyl groups is 1. The average Bonchev–Trinajstić information content (AvgIpc) is 3.59. The molecule has 178 valence electrons. The summed E-state index contributed by atoms with van der Waals surface area (Å²) in [6, 6.07) is 13.8. The van der Waals surface area contributed by atoms with Crippen molar-refractivity contribution >= 4 is 22.7 Å². The number of aliphatic hydroxyl groups excluding tert-OH is 1. The van der Waals surface area contributed by atoms with Crippen LogP contribution in [0, 0.1) is 6.92 Å². The maximum atomic E-state index is 13.7. The first-order valence-corrected chi connectivity index (χ1v) is 11.4. The quantitative estimate of drug-likeness (QED) is 0.377. The fourth-order valence-corrected chi connectivity index (χ4v) is 4.50. The molecule has 0 saturated heterocycles. The molecule has 0 aliphatic carbocycles. The molecule has 2 aromatic carbocycles. The lowest BCUT2D eigenvalue weighted by Crippen LogP contribution is -2.32. The van der Waals surface area contributed by atoms with Gasteiger partial charge in [-0.2, -0.15) is 0 Å². The molecule has 1 amide bonds. The highest BCUT2D eigenvalue weighted by Gasteiger charge is 2.44. The molecule has 4 aromatic rings. The maximum Gasteiger partial charge on any atom is 0.290 e. The number of Topliss-reactive ketones (excluding diaryl/α,β-unsaturated/α-hetero) is 1. The van der Waals surface area contributed by atoms with E-state index in [4.69, 9.17) is 9.15 Å². The first-order chi connectivity index (χ1) is 17.0.